The van der Waals surface area contributed by atoms with Gasteiger partial charge in [-0.05, 0) is 11.7 Å². The zero-order valence-corrected chi connectivity index (χ0v) is 10.4. The van der Waals surface area contributed by atoms with Gasteiger partial charge in [-0.3, -0.25) is 0 Å². The van der Waals surface area contributed by atoms with Gasteiger partial charge in [-0.1, -0.05) is 6.92 Å². The summed E-state index contributed by atoms with van der Waals surface area (Å²) in [5, 5.41) is 0. The van der Waals surface area contributed by atoms with Crippen molar-refractivity contribution in [1.29, 1.82) is 0 Å². The maximum Gasteiger partial charge on any atom is 0 e. The first-order chi connectivity index (χ1) is 4.84. The molecule has 1 unspecified atom stereocenters. The molecule has 0 saturated heterocycles. The van der Waals surface area contributed by atoms with E-state index in [0.29, 0.717) is 5.92 Å². The van der Waals surface area contributed by atoms with E-state index < -0.39 is 0 Å². The molecule has 1 atom stereocenters. The smallest absolute Gasteiger partial charge is 0 e. The van der Waals surface area contributed by atoms with Crippen molar-refractivity contribution in [2.75, 3.05) is 5.75 Å². The van der Waals surface area contributed by atoms with Crippen LogP contribution in [0.4, 0.5) is 0 Å². The minimum Gasteiger partial charge on any atom is -0.184 e. The van der Waals surface area contributed by atoms with Gasteiger partial charge in [0.05, 0.1) is 0 Å². The molecule has 1 aromatic carbocycles. The second-order valence-electron chi connectivity index (χ2n) is 2.42. The molecular weight excluding hydrogens is 229 g/mol. The molecule has 0 bridgehead atoms. The van der Waals surface area contributed by atoms with Crippen LogP contribution in [0.2, 0.25) is 0 Å². The summed E-state index contributed by atoms with van der Waals surface area (Å²) in [7, 11) is 0. The molecule has 2 heteroatoms. The van der Waals surface area contributed by atoms with Gasteiger partial charge in [-0.15, -0.1) is 0 Å². The van der Waals surface area contributed by atoms with Crippen molar-refractivity contribution in [2.24, 2.45) is 0 Å². The van der Waals surface area contributed by atoms with Crippen LogP contribution >= 0.6 is 12.6 Å². The van der Waals surface area contributed by atoms with E-state index in [4.69, 9.17) is 0 Å². The number of hydrogen-bond acceptors (Lipinski definition) is 1. The maximum absolute atomic E-state index is 4.22. The molecule has 1 rings (SSSR count). The summed E-state index contributed by atoms with van der Waals surface area (Å²) in [6.07, 6.45) is 0. The Labute approximate surface area is 99.1 Å². The third-order valence-electron chi connectivity index (χ3n) is 1.59. The van der Waals surface area contributed by atoms with Gasteiger partial charge in [0.1, 0.15) is 0 Å². The van der Waals surface area contributed by atoms with Crippen molar-refractivity contribution in [3.63, 3.8) is 0 Å². The minimum absolute atomic E-state index is 0. The first-order valence-electron chi connectivity index (χ1n) is 3.41. The summed E-state index contributed by atoms with van der Waals surface area (Å²) in [5.74, 6) is 1.46. The normalized spacial score (nSPS) is 11.8. The van der Waals surface area contributed by atoms with E-state index in [9.17, 15) is 0 Å². The topological polar surface area (TPSA) is 0 Å². The van der Waals surface area contributed by atoms with Crippen molar-refractivity contribution in [2.45, 2.75) is 12.8 Å². The Morgan fingerprint density at radius 3 is 2.45 bits per heavy atom. The molecule has 0 saturated carbocycles. The molecular formula is C9H11SY-. The van der Waals surface area contributed by atoms with Crippen molar-refractivity contribution in [1.82, 2.24) is 0 Å². The minimum atomic E-state index is 0. The molecule has 1 aromatic rings. The average Bonchev–Trinajstić information content (AvgIpc) is 2.05. The number of benzene rings is 1. The average molecular weight is 240 g/mol. The third-order valence-corrected chi connectivity index (χ3v) is 2.13. The van der Waals surface area contributed by atoms with Crippen LogP contribution in [0.15, 0.2) is 24.3 Å². The fraction of sp³-hybridized carbons (Fsp3) is 0.333. The van der Waals surface area contributed by atoms with Crippen molar-refractivity contribution >= 4 is 12.6 Å². The molecule has 0 aliphatic carbocycles. The molecule has 0 N–H and O–H groups in total. The molecule has 0 aromatic heterocycles. The van der Waals surface area contributed by atoms with Gasteiger partial charge in [0.25, 0.3) is 0 Å². The van der Waals surface area contributed by atoms with Crippen LogP contribution in [0.3, 0.4) is 0 Å². The van der Waals surface area contributed by atoms with Crippen LogP contribution in [-0.4, -0.2) is 5.75 Å². The van der Waals surface area contributed by atoms with Crippen LogP contribution < -0.4 is 0 Å². The van der Waals surface area contributed by atoms with Gasteiger partial charge in [0, 0.05) is 32.7 Å². The Morgan fingerprint density at radius 2 is 2.00 bits per heavy atom. The molecule has 0 spiro atoms. The van der Waals surface area contributed by atoms with Gasteiger partial charge >= 0.3 is 0 Å². The fourth-order valence-electron chi connectivity index (χ4n) is 0.834. The summed E-state index contributed by atoms with van der Waals surface area (Å²) < 4.78 is 0. The van der Waals surface area contributed by atoms with Crippen LogP contribution in [0.5, 0.6) is 0 Å². The number of hydrogen-bond donors (Lipinski definition) is 1. The zero-order valence-electron chi connectivity index (χ0n) is 6.62. The summed E-state index contributed by atoms with van der Waals surface area (Å²) in [6.45, 7) is 2.17. The standard InChI is InChI=1S/C9H11S.Y/c1-8(7-10)9-5-3-2-4-6-9;/h3-6,8,10H,7H2,1H3;/q-1;. The Kier molecular flexibility index (Phi) is 6.60. The zero-order chi connectivity index (χ0) is 7.40. The Balaban J connectivity index is 0.000001000. The number of rotatable bonds is 2. The van der Waals surface area contributed by atoms with E-state index in [-0.39, 0.29) is 32.7 Å². The molecule has 57 valence electrons. The molecule has 0 fully saturated rings. The Bertz CT molecular complexity index is 186. The summed E-state index contributed by atoms with van der Waals surface area (Å²) in [5.41, 5.74) is 1.34. The summed E-state index contributed by atoms with van der Waals surface area (Å²) in [6, 6.07) is 11.0. The number of thiol groups is 1. The molecule has 0 nitrogen and oxygen atoms in total. The predicted molar refractivity (Wildman–Crippen MR) is 47.5 cm³/mol. The van der Waals surface area contributed by atoms with E-state index in [1.165, 1.54) is 5.56 Å². The van der Waals surface area contributed by atoms with Crippen LogP contribution in [-0.2, 0) is 32.7 Å². The van der Waals surface area contributed by atoms with E-state index in [2.05, 4.69) is 37.8 Å². The molecule has 0 amide bonds. The van der Waals surface area contributed by atoms with Gasteiger partial charge in [0.15, 0.2) is 0 Å². The quantitative estimate of drug-likeness (QED) is 0.596. The second-order valence-corrected chi connectivity index (χ2v) is 2.78. The van der Waals surface area contributed by atoms with Crippen molar-refractivity contribution in [3.05, 3.63) is 35.9 Å². The van der Waals surface area contributed by atoms with Gasteiger partial charge in [0.2, 0.25) is 0 Å². The van der Waals surface area contributed by atoms with E-state index in [1.54, 1.807) is 0 Å². The van der Waals surface area contributed by atoms with Gasteiger partial charge < -0.3 is 0 Å². The third kappa shape index (κ3) is 3.73. The largest absolute Gasteiger partial charge is 0.184 e. The van der Waals surface area contributed by atoms with Crippen molar-refractivity contribution < 1.29 is 32.7 Å². The van der Waals surface area contributed by atoms with Crippen molar-refractivity contribution in [3.8, 4) is 0 Å². The molecule has 1 radical (unpaired) electrons. The second kappa shape index (κ2) is 6.22. The SMILES string of the molecule is CC(CS)c1cc[c-]cc1.[Y]. The predicted octanol–water partition coefficient (Wildman–Crippen LogP) is 2.52. The summed E-state index contributed by atoms with van der Waals surface area (Å²) >= 11 is 4.22. The van der Waals surface area contributed by atoms with E-state index in [1.807, 2.05) is 12.1 Å². The maximum atomic E-state index is 4.22. The van der Waals surface area contributed by atoms with Crippen LogP contribution in [0.1, 0.15) is 18.4 Å². The van der Waals surface area contributed by atoms with Crippen LogP contribution in [0, 0.1) is 6.07 Å². The first kappa shape index (κ1) is 11.7. The van der Waals surface area contributed by atoms with Gasteiger partial charge in [-0.2, -0.15) is 48.5 Å². The molecule has 0 aliphatic heterocycles. The molecule has 11 heavy (non-hydrogen) atoms. The Morgan fingerprint density at radius 1 is 1.45 bits per heavy atom. The van der Waals surface area contributed by atoms with Crippen LogP contribution in [0.25, 0.3) is 0 Å². The first-order valence-corrected chi connectivity index (χ1v) is 4.04. The van der Waals surface area contributed by atoms with Gasteiger partial charge in [-0.25, -0.2) is 0 Å². The monoisotopic (exact) mass is 240 g/mol. The molecule has 0 heterocycles. The Hall–Kier alpha value is 0.674. The summed E-state index contributed by atoms with van der Waals surface area (Å²) in [4.78, 5) is 0. The van der Waals surface area contributed by atoms with E-state index in [0.717, 1.165) is 5.75 Å². The fourth-order valence-corrected chi connectivity index (χ4v) is 1.04. The molecule has 0 aliphatic rings. The van der Waals surface area contributed by atoms with E-state index >= 15 is 0 Å².